The van der Waals surface area contributed by atoms with Crippen molar-refractivity contribution in [1.82, 2.24) is 5.43 Å². The van der Waals surface area contributed by atoms with E-state index in [4.69, 9.17) is 11.6 Å². The van der Waals surface area contributed by atoms with Crippen LogP contribution in [-0.4, -0.2) is 6.17 Å². The van der Waals surface area contributed by atoms with E-state index in [9.17, 15) is 0 Å². The van der Waals surface area contributed by atoms with Crippen LogP contribution in [0.2, 0.25) is 0 Å². The summed E-state index contributed by atoms with van der Waals surface area (Å²) in [5.74, 6) is 6.83. The highest BCUT2D eigenvalue weighted by atomic mass is 15.3. The lowest BCUT2D eigenvalue weighted by Crippen LogP contribution is -2.42. The van der Waals surface area contributed by atoms with Gasteiger partial charge in [-0.3, -0.25) is 5.84 Å². The molecule has 0 aromatic heterocycles. The summed E-state index contributed by atoms with van der Waals surface area (Å²) in [6, 6.07) is 0. The molecule has 0 heterocycles. The minimum atomic E-state index is -0.0000463. The fraction of sp³-hybridized carbons (Fsp3) is 1.00. The number of hydrogen-bond donors (Lipinski definition) is 3. The van der Waals surface area contributed by atoms with Crippen molar-refractivity contribution in [2.24, 2.45) is 23.4 Å². The molecule has 0 aliphatic heterocycles. The van der Waals surface area contributed by atoms with Crippen molar-refractivity contribution in [3.63, 3.8) is 0 Å². The van der Waals surface area contributed by atoms with Gasteiger partial charge in [0.1, 0.15) is 0 Å². The monoisotopic (exact) mass is 129 g/mol. The third-order valence-corrected chi connectivity index (χ3v) is 2.05. The predicted molar refractivity (Wildman–Crippen MR) is 37.2 cm³/mol. The normalized spacial score (nSPS) is 36.3. The second-order valence-corrected chi connectivity index (χ2v) is 2.98. The molecule has 0 aromatic carbocycles. The van der Waals surface area contributed by atoms with Gasteiger partial charge in [-0.15, -0.1) is 0 Å². The van der Waals surface area contributed by atoms with Gasteiger partial charge in [-0.05, 0) is 24.7 Å². The van der Waals surface area contributed by atoms with Crippen LogP contribution >= 0.6 is 0 Å². The Morgan fingerprint density at radius 2 is 2.33 bits per heavy atom. The quantitative estimate of drug-likeness (QED) is 0.280. The van der Waals surface area contributed by atoms with Gasteiger partial charge >= 0.3 is 0 Å². The van der Waals surface area contributed by atoms with Crippen molar-refractivity contribution in [3.05, 3.63) is 0 Å². The standard InChI is InChI=1S/C6H15N3/c1-4-2-5(4)3-6(7)9-8/h4-6,9H,2-3,7-8H2,1H3/t4?,5?,6-/m0/s1. The largest absolute Gasteiger partial charge is 0.315 e. The summed E-state index contributed by atoms with van der Waals surface area (Å²) in [6.07, 6.45) is 2.35. The highest BCUT2D eigenvalue weighted by molar-refractivity contribution is 4.84. The SMILES string of the molecule is CC1CC1C[C@@H](N)NN. The lowest BCUT2D eigenvalue weighted by atomic mass is 10.2. The zero-order valence-corrected chi connectivity index (χ0v) is 5.80. The first-order valence-corrected chi connectivity index (χ1v) is 3.45. The van der Waals surface area contributed by atoms with Crippen LogP contribution in [-0.2, 0) is 0 Å². The van der Waals surface area contributed by atoms with Crippen LogP contribution in [0.3, 0.4) is 0 Å². The molecule has 3 heteroatoms. The minimum absolute atomic E-state index is 0.0000463. The second kappa shape index (κ2) is 2.64. The van der Waals surface area contributed by atoms with Gasteiger partial charge in [0.05, 0.1) is 6.17 Å². The molecule has 0 saturated heterocycles. The van der Waals surface area contributed by atoms with Gasteiger partial charge in [0.2, 0.25) is 0 Å². The number of hydrogen-bond acceptors (Lipinski definition) is 3. The molecule has 0 amide bonds. The van der Waals surface area contributed by atoms with Crippen LogP contribution in [0.5, 0.6) is 0 Å². The summed E-state index contributed by atoms with van der Waals surface area (Å²) >= 11 is 0. The smallest absolute Gasteiger partial charge is 0.0679 e. The maximum atomic E-state index is 5.54. The molecule has 3 atom stereocenters. The van der Waals surface area contributed by atoms with Crippen molar-refractivity contribution in [1.29, 1.82) is 0 Å². The highest BCUT2D eigenvalue weighted by Crippen LogP contribution is 2.40. The van der Waals surface area contributed by atoms with Gasteiger partial charge < -0.3 is 5.73 Å². The van der Waals surface area contributed by atoms with E-state index in [0.29, 0.717) is 0 Å². The fourth-order valence-electron chi connectivity index (χ4n) is 1.12. The van der Waals surface area contributed by atoms with E-state index in [-0.39, 0.29) is 6.17 Å². The molecule has 0 spiro atoms. The van der Waals surface area contributed by atoms with E-state index in [1.807, 2.05) is 0 Å². The van der Waals surface area contributed by atoms with E-state index in [1.54, 1.807) is 0 Å². The van der Waals surface area contributed by atoms with Crippen molar-refractivity contribution < 1.29 is 0 Å². The number of rotatable bonds is 3. The summed E-state index contributed by atoms with van der Waals surface area (Å²) in [4.78, 5) is 0. The van der Waals surface area contributed by atoms with Gasteiger partial charge in [-0.1, -0.05) is 6.92 Å². The lowest BCUT2D eigenvalue weighted by Gasteiger charge is -2.07. The van der Waals surface area contributed by atoms with E-state index < -0.39 is 0 Å². The molecule has 2 unspecified atom stereocenters. The Morgan fingerprint density at radius 3 is 2.67 bits per heavy atom. The summed E-state index contributed by atoms with van der Waals surface area (Å²) in [5.41, 5.74) is 8.07. The first-order chi connectivity index (χ1) is 4.24. The predicted octanol–water partition coefficient (Wildman–Crippen LogP) is -0.219. The van der Waals surface area contributed by atoms with Gasteiger partial charge in [0, 0.05) is 0 Å². The summed E-state index contributed by atoms with van der Waals surface area (Å²) in [5, 5.41) is 0. The third-order valence-electron chi connectivity index (χ3n) is 2.05. The summed E-state index contributed by atoms with van der Waals surface area (Å²) in [7, 11) is 0. The maximum absolute atomic E-state index is 5.54. The molecule has 0 radical (unpaired) electrons. The lowest BCUT2D eigenvalue weighted by molar-refractivity contribution is 0.471. The van der Waals surface area contributed by atoms with Gasteiger partial charge in [-0.2, -0.15) is 0 Å². The van der Waals surface area contributed by atoms with Crippen LogP contribution in [0, 0.1) is 11.8 Å². The zero-order valence-electron chi connectivity index (χ0n) is 5.80. The molecule has 1 saturated carbocycles. The average Bonchev–Trinajstić information content (AvgIpc) is 2.47. The first-order valence-electron chi connectivity index (χ1n) is 3.45. The molecule has 1 aliphatic carbocycles. The Hall–Kier alpha value is -0.120. The Labute approximate surface area is 55.8 Å². The zero-order chi connectivity index (χ0) is 6.85. The molecule has 0 aromatic rings. The molecular weight excluding hydrogens is 114 g/mol. The molecule has 54 valence electrons. The van der Waals surface area contributed by atoms with Gasteiger partial charge in [-0.25, -0.2) is 5.43 Å². The Kier molecular flexibility index (Phi) is 2.05. The van der Waals surface area contributed by atoms with Crippen molar-refractivity contribution in [2.75, 3.05) is 0 Å². The van der Waals surface area contributed by atoms with Crippen LogP contribution in [0.1, 0.15) is 19.8 Å². The Balaban J connectivity index is 2.05. The number of nitrogens with one attached hydrogen (secondary N) is 1. The van der Waals surface area contributed by atoms with E-state index in [1.165, 1.54) is 6.42 Å². The molecule has 1 rings (SSSR count). The van der Waals surface area contributed by atoms with Crippen molar-refractivity contribution in [3.8, 4) is 0 Å². The van der Waals surface area contributed by atoms with E-state index in [2.05, 4.69) is 12.3 Å². The first kappa shape index (κ1) is 6.99. The summed E-state index contributed by atoms with van der Waals surface area (Å²) in [6.45, 7) is 2.24. The van der Waals surface area contributed by atoms with Crippen LogP contribution in [0.15, 0.2) is 0 Å². The fourth-order valence-corrected chi connectivity index (χ4v) is 1.12. The number of hydrazine groups is 1. The molecule has 9 heavy (non-hydrogen) atoms. The van der Waals surface area contributed by atoms with E-state index in [0.717, 1.165) is 18.3 Å². The second-order valence-electron chi connectivity index (χ2n) is 2.98. The molecule has 3 nitrogen and oxygen atoms in total. The van der Waals surface area contributed by atoms with Crippen LogP contribution in [0.25, 0.3) is 0 Å². The van der Waals surface area contributed by atoms with Gasteiger partial charge in [0.15, 0.2) is 0 Å². The average molecular weight is 129 g/mol. The van der Waals surface area contributed by atoms with Crippen LogP contribution in [0.4, 0.5) is 0 Å². The molecular formula is C6H15N3. The van der Waals surface area contributed by atoms with Crippen molar-refractivity contribution in [2.45, 2.75) is 25.9 Å². The van der Waals surface area contributed by atoms with Crippen molar-refractivity contribution >= 4 is 0 Å². The maximum Gasteiger partial charge on any atom is 0.0679 e. The van der Waals surface area contributed by atoms with Crippen LogP contribution < -0.4 is 17.0 Å². The minimum Gasteiger partial charge on any atom is -0.315 e. The topological polar surface area (TPSA) is 64.1 Å². The summed E-state index contributed by atoms with van der Waals surface area (Å²) < 4.78 is 0. The molecule has 5 N–H and O–H groups in total. The molecule has 0 bridgehead atoms. The Bertz CT molecular complexity index is 92.3. The third kappa shape index (κ3) is 1.93. The van der Waals surface area contributed by atoms with Gasteiger partial charge in [0.25, 0.3) is 0 Å². The molecule has 1 fully saturated rings. The Morgan fingerprint density at radius 1 is 1.78 bits per heavy atom. The number of nitrogens with two attached hydrogens (primary N) is 2. The highest BCUT2D eigenvalue weighted by Gasteiger charge is 2.33. The molecule has 1 aliphatic rings. The van der Waals surface area contributed by atoms with E-state index >= 15 is 0 Å².